The molecule has 1 amide bonds. The van der Waals surface area contributed by atoms with Crippen molar-refractivity contribution in [1.29, 1.82) is 0 Å². The third-order valence-corrected chi connectivity index (χ3v) is 2.25. The van der Waals surface area contributed by atoms with Crippen molar-refractivity contribution in [2.24, 2.45) is 0 Å². The van der Waals surface area contributed by atoms with E-state index in [1.165, 1.54) is 14.0 Å². The zero-order valence-electron chi connectivity index (χ0n) is 10.8. The molecule has 1 N–H and O–H groups in total. The van der Waals surface area contributed by atoms with Crippen molar-refractivity contribution in [3.63, 3.8) is 0 Å². The summed E-state index contributed by atoms with van der Waals surface area (Å²) in [6.45, 7) is 3.54. The van der Waals surface area contributed by atoms with Gasteiger partial charge < -0.3 is 14.8 Å². The van der Waals surface area contributed by atoms with Crippen LogP contribution >= 0.6 is 0 Å². The lowest BCUT2D eigenvalue weighted by molar-refractivity contribution is -0.142. The number of methoxy groups -OCH3 is 1. The Kier molecular flexibility index (Phi) is 5.17. The van der Waals surface area contributed by atoms with E-state index in [4.69, 9.17) is 9.47 Å². The van der Waals surface area contributed by atoms with E-state index in [0.717, 1.165) is 5.56 Å². The molecule has 0 aliphatic carbocycles. The summed E-state index contributed by atoms with van der Waals surface area (Å²) >= 11 is 0. The van der Waals surface area contributed by atoms with Crippen LogP contribution in [0, 0.1) is 0 Å². The SMILES string of the molecule is CCOC(=O)Cc1ccc(NC(C)=O)cc1OC. The van der Waals surface area contributed by atoms with E-state index in [9.17, 15) is 9.59 Å². The number of ether oxygens (including phenoxy) is 2. The largest absolute Gasteiger partial charge is 0.496 e. The van der Waals surface area contributed by atoms with E-state index in [2.05, 4.69) is 5.32 Å². The van der Waals surface area contributed by atoms with Gasteiger partial charge in [0, 0.05) is 24.2 Å². The van der Waals surface area contributed by atoms with Crippen LogP contribution < -0.4 is 10.1 Å². The smallest absolute Gasteiger partial charge is 0.310 e. The van der Waals surface area contributed by atoms with Crippen molar-refractivity contribution in [3.8, 4) is 5.75 Å². The number of hydrogen-bond donors (Lipinski definition) is 1. The minimum Gasteiger partial charge on any atom is -0.496 e. The third-order valence-electron chi connectivity index (χ3n) is 2.25. The van der Waals surface area contributed by atoms with Crippen LogP contribution in [0.25, 0.3) is 0 Å². The fraction of sp³-hybridized carbons (Fsp3) is 0.385. The molecule has 0 aliphatic rings. The minimum absolute atomic E-state index is 0.150. The van der Waals surface area contributed by atoms with Crippen LogP contribution in [-0.2, 0) is 20.7 Å². The molecule has 0 radical (unpaired) electrons. The number of amides is 1. The number of rotatable bonds is 5. The number of carbonyl (C=O) groups is 2. The zero-order chi connectivity index (χ0) is 13.5. The maximum atomic E-state index is 11.4. The van der Waals surface area contributed by atoms with Crippen molar-refractivity contribution in [2.75, 3.05) is 19.0 Å². The molecule has 0 atom stereocenters. The number of benzene rings is 1. The summed E-state index contributed by atoms with van der Waals surface area (Å²) < 4.78 is 10.1. The van der Waals surface area contributed by atoms with Crippen molar-refractivity contribution < 1.29 is 19.1 Å². The first-order valence-corrected chi connectivity index (χ1v) is 5.67. The Morgan fingerprint density at radius 3 is 2.61 bits per heavy atom. The van der Waals surface area contributed by atoms with Crippen molar-refractivity contribution in [3.05, 3.63) is 23.8 Å². The van der Waals surface area contributed by atoms with E-state index in [1.807, 2.05) is 0 Å². The zero-order valence-corrected chi connectivity index (χ0v) is 10.8. The predicted molar refractivity (Wildman–Crippen MR) is 67.6 cm³/mol. The first-order valence-electron chi connectivity index (χ1n) is 5.67. The maximum absolute atomic E-state index is 11.4. The summed E-state index contributed by atoms with van der Waals surface area (Å²) in [5, 5.41) is 2.65. The molecule has 5 heteroatoms. The van der Waals surface area contributed by atoms with E-state index in [1.54, 1.807) is 25.1 Å². The van der Waals surface area contributed by atoms with Crippen LogP contribution in [0.3, 0.4) is 0 Å². The number of anilines is 1. The van der Waals surface area contributed by atoms with Crippen LogP contribution in [0.2, 0.25) is 0 Å². The van der Waals surface area contributed by atoms with E-state index >= 15 is 0 Å². The molecule has 0 heterocycles. The van der Waals surface area contributed by atoms with Gasteiger partial charge in [-0.15, -0.1) is 0 Å². The molecular weight excluding hydrogens is 234 g/mol. The molecule has 1 rings (SSSR count). The second kappa shape index (κ2) is 6.64. The number of esters is 1. The molecule has 0 fully saturated rings. The summed E-state index contributed by atoms with van der Waals surface area (Å²) in [5.41, 5.74) is 1.36. The average Bonchev–Trinajstić information content (AvgIpc) is 2.30. The van der Waals surface area contributed by atoms with Gasteiger partial charge >= 0.3 is 5.97 Å². The molecule has 0 saturated carbocycles. The number of carbonyl (C=O) groups excluding carboxylic acids is 2. The van der Waals surface area contributed by atoms with E-state index < -0.39 is 0 Å². The highest BCUT2D eigenvalue weighted by Gasteiger charge is 2.10. The third kappa shape index (κ3) is 4.08. The van der Waals surface area contributed by atoms with Crippen LogP contribution in [0.1, 0.15) is 19.4 Å². The maximum Gasteiger partial charge on any atom is 0.310 e. The molecule has 1 aromatic carbocycles. The van der Waals surface area contributed by atoms with Gasteiger partial charge in [0.2, 0.25) is 5.91 Å². The molecule has 0 aromatic heterocycles. The van der Waals surface area contributed by atoms with Crippen LogP contribution in [0.4, 0.5) is 5.69 Å². The molecule has 0 unspecified atom stereocenters. The van der Waals surface area contributed by atoms with Crippen molar-refractivity contribution in [2.45, 2.75) is 20.3 Å². The predicted octanol–water partition coefficient (Wildman–Crippen LogP) is 1.76. The minimum atomic E-state index is -0.303. The van der Waals surface area contributed by atoms with Gasteiger partial charge in [-0.1, -0.05) is 6.07 Å². The molecule has 0 spiro atoms. The second-order valence-electron chi connectivity index (χ2n) is 3.69. The number of hydrogen-bond acceptors (Lipinski definition) is 4. The summed E-state index contributed by atoms with van der Waals surface area (Å²) in [6.07, 6.45) is 0.150. The average molecular weight is 251 g/mol. The Labute approximate surface area is 106 Å². The van der Waals surface area contributed by atoms with Gasteiger partial charge in [0.15, 0.2) is 0 Å². The Balaban J connectivity index is 2.86. The summed E-state index contributed by atoms with van der Waals surface area (Å²) in [7, 11) is 1.52. The summed E-state index contributed by atoms with van der Waals surface area (Å²) in [5.74, 6) is 0.0903. The summed E-state index contributed by atoms with van der Waals surface area (Å²) in [6, 6.07) is 5.13. The lowest BCUT2D eigenvalue weighted by atomic mass is 10.1. The Morgan fingerprint density at radius 1 is 1.33 bits per heavy atom. The molecule has 98 valence electrons. The lowest BCUT2D eigenvalue weighted by Crippen LogP contribution is -2.10. The molecule has 1 aromatic rings. The van der Waals surface area contributed by atoms with Gasteiger partial charge in [0.1, 0.15) is 5.75 Å². The monoisotopic (exact) mass is 251 g/mol. The highest BCUT2D eigenvalue weighted by Crippen LogP contribution is 2.23. The van der Waals surface area contributed by atoms with Crippen LogP contribution in [0.15, 0.2) is 18.2 Å². The van der Waals surface area contributed by atoms with Crippen LogP contribution in [0.5, 0.6) is 5.75 Å². The Hall–Kier alpha value is -2.04. The standard InChI is InChI=1S/C13H17NO4/c1-4-18-13(16)7-10-5-6-11(14-9(2)15)8-12(10)17-3/h5-6,8H,4,7H2,1-3H3,(H,14,15). The Bertz CT molecular complexity index is 443. The molecule has 0 aliphatic heterocycles. The van der Waals surface area contributed by atoms with Crippen LogP contribution in [-0.4, -0.2) is 25.6 Å². The van der Waals surface area contributed by atoms with Gasteiger partial charge in [-0.3, -0.25) is 9.59 Å². The topological polar surface area (TPSA) is 64.6 Å². The first kappa shape index (κ1) is 14.0. The molecule has 5 nitrogen and oxygen atoms in total. The number of nitrogens with one attached hydrogen (secondary N) is 1. The van der Waals surface area contributed by atoms with Crippen molar-refractivity contribution >= 4 is 17.6 Å². The van der Waals surface area contributed by atoms with E-state index in [0.29, 0.717) is 18.0 Å². The highest BCUT2D eigenvalue weighted by atomic mass is 16.5. The lowest BCUT2D eigenvalue weighted by Gasteiger charge is -2.10. The van der Waals surface area contributed by atoms with Crippen molar-refractivity contribution in [1.82, 2.24) is 0 Å². The quantitative estimate of drug-likeness (QED) is 0.810. The molecular formula is C13H17NO4. The second-order valence-corrected chi connectivity index (χ2v) is 3.69. The highest BCUT2D eigenvalue weighted by molar-refractivity contribution is 5.89. The molecule has 18 heavy (non-hydrogen) atoms. The van der Waals surface area contributed by atoms with Gasteiger partial charge in [-0.25, -0.2) is 0 Å². The van der Waals surface area contributed by atoms with E-state index in [-0.39, 0.29) is 18.3 Å². The normalized spacial score (nSPS) is 9.72. The fourth-order valence-electron chi connectivity index (χ4n) is 1.54. The molecule has 0 bridgehead atoms. The summed E-state index contributed by atoms with van der Waals surface area (Å²) in [4.78, 5) is 22.3. The van der Waals surface area contributed by atoms with Gasteiger partial charge in [0.25, 0.3) is 0 Å². The molecule has 0 saturated heterocycles. The van der Waals surface area contributed by atoms with Gasteiger partial charge in [-0.05, 0) is 13.0 Å². The fourth-order valence-corrected chi connectivity index (χ4v) is 1.54. The van der Waals surface area contributed by atoms with Gasteiger partial charge in [0.05, 0.1) is 20.1 Å². The Morgan fingerprint density at radius 2 is 2.06 bits per heavy atom. The van der Waals surface area contributed by atoms with Gasteiger partial charge in [-0.2, -0.15) is 0 Å². The first-order chi connectivity index (χ1) is 8.56.